The Kier molecular flexibility index (Phi) is 6.06. The van der Waals surface area contributed by atoms with E-state index >= 15 is 0 Å². The zero-order chi connectivity index (χ0) is 21.1. The number of para-hydroxylation sites is 1. The Morgan fingerprint density at radius 3 is 2.50 bits per heavy atom. The lowest BCUT2D eigenvalue weighted by molar-refractivity contribution is 0.0674. The Balaban J connectivity index is 1.46. The molecule has 1 aliphatic rings. The Morgan fingerprint density at radius 2 is 1.77 bits per heavy atom. The number of benzene rings is 2. The van der Waals surface area contributed by atoms with E-state index < -0.39 is 0 Å². The van der Waals surface area contributed by atoms with E-state index in [1.807, 2.05) is 36.1 Å². The molecule has 1 saturated heterocycles. The summed E-state index contributed by atoms with van der Waals surface area (Å²) in [5.74, 6) is 1.63. The first-order valence-electron chi connectivity index (χ1n) is 9.58. The van der Waals surface area contributed by atoms with Crippen molar-refractivity contribution in [3.8, 4) is 11.6 Å². The van der Waals surface area contributed by atoms with Gasteiger partial charge in [-0.3, -0.25) is 4.79 Å². The summed E-state index contributed by atoms with van der Waals surface area (Å²) in [5, 5.41) is 0.979. The van der Waals surface area contributed by atoms with Gasteiger partial charge in [-0.15, -0.1) is 0 Å². The largest absolute Gasteiger partial charge is 0.437 e. The summed E-state index contributed by atoms with van der Waals surface area (Å²) in [7, 11) is 0. The van der Waals surface area contributed by atoms with Crippen molar-refractivity contribution in [1.29, 1.82) is 0 Å². The molecule has 0 spiro atoms. The van der Waals surface area contributed by atoms with Crippen LogP contribution in [0.15, 0.2) is 60.9 Å². The second-order valence-corrected chi connectivity index (χ2v) is 7.83. The van der Waals surface area contributed by atoms with Gasteiger partial charge in [-0.1, -0.05) is 47.5 Å². The quantitative estimate of drug-likeness (QED) is 0.573. The Morgan fingerprint density at radius 1 is 1.03 bits per heavy atom. The lowest BCUT2D eigenvalue weighted by Gasteiger charge is -2.40. The maximum absolute atomic E-state index is 12.9. The fraction of sp³-hybridized carbons (Fsp3) is 0.227. The van der Waals surface area contributed by atoms with Crippen LogP contribution in [0.25, 0.3) is 0 Å². The van der Waals surface area contributed by atoms with Gasteiger partial charge in [0.1, 0.15) is 17.9 Å². The number of aromatic nitrogens is 2. The van der Waals surface area contributed by atoms with Crippen molar-refractivity contribution in [3.63, 3.8) is 0 Å². The van der Waals surface area contributed by atoms with Gasteiger partial charge in [0, 0.05) is 31.7 Å². The topological polar surface area (TPSA) is 58.6 Å². The molecule has 30 heavy (non-hydrogen) atoms. The van der Waals surface area contributed by atoms with Gasteiger partial charge in [0.25, 0.3) is 5.91 Å². The van der Waals surface area contributed by atoms with E-state index in [-0.39, 0.29) is 11.9 Å². The highest BCUT2D eigenvalue weighted by Gasteiger charge is 2.29. The monoisotopic (exact) mass is 442 g/mol. The molecular formula is C22H20Cl2N4O2. The summed E-state index contributed by atoms with van der Waals surface area (Å²) in [4.78, 5) is 25.5. The molecule has 2 aromatic carbocycles. The number of carbonyl (C=O) groups excluding carboxylic acids is 1. The zero-order valence-corrected chi connectivity index (χ0v) is 17.8. The van der Waals surface area contributed by atoms with Crippen molar-refractivity contribution in [2.45, 2.75) is 13.0 Å². The third kappa shape index (κ3) is 4.35. The fourth-order valence-electron chi connectivity index (χ4n) is 3.46. The maximum Gasteiger partial charge on any atom is 0.255 e. The molecule has 0 radical (unpaired) electrons. The minimum atomic E-state index is -0.0572. The lowest BCUT2D eigenvalue weighted by Crippen LogP contribution is -2.54. The van der Waals surface area contributed by atoms with E-state index in [1.165, 1.54) is 6.33 Å². The lowest BCUT2D eigenvalue weighted by atomic mass is 10.1. The molecule has 3 aromatic rings. The highest BCUT2D eigenvalue weighted by Crippen LogP contribution is 2.29. The molecule has 6 nitrogen and oxygen atoms in total. The number of hydrogen-bond donors (Lipinski definition) is 0. The van der Waals surface area contributed by atoms with Crippen LogP contribution in [0.2, 0.25) is 10.0 Å². The van der Waals surface area contributed by atoms with Crippen LogP contribution in [-0.2, 0) is 0 Å². The molecule has 0 bridgehead atoms. The van der Waals surface area contributed by atoms with Gasteiger partial charge in [0.2, 0.25) is 5.88 Å². The van der Waals surface area contributed by atoms with Gasteiger partial charge in [0.15, 0.2) is 0 Å². The van der Waals surface area contributed by atoms with Crippen molar-refractivity contribution in [2.75, 3.05) is 24.5 Å². The SMILES string of the molecule is CC1CN(c2cc(Oc3ccccc3Cl)ncn2)CCN1C(=O)c1ccccc1Cl. The van der Waals surface area contributed by atoms with Crippen LogP contribution in [0.3, 0.4) is 0 Å². The zero-order valence-electron chi connectivity index (χ0n) is 16.3. The van der Waals surface area contributed by atoms with Gasteiger partial charge in [-0.2, -0.15) is 0 Å². The normalized spacial score (nSPS) is 16.4. The third-order valence-corrected chi connectivity index (χ3v) is 5.64. The Bertz CT molecular complexity index is 1060. The molecule has 1 amide bonds. The summed E-state index contributed by atoms with van der Waals surface area (Å²) in [5.41, 5.74) is 0.525. The van der Waals surface area contributed by atoms with Gasteiger partial charge < -0.3 is 14.5 Å². The Hall–Kier alpha value is -2.83. The molecule has 154 valence electrons. The number of anilines is 1. The minimum Gasteiger partial charge on any atom is -0.437 e. The average molecular weight is 443 g/mol. The minimum absolute atomic E-state index is 0.00887. The van der Waals surface area contributed by atoms with Crippen molar-refractivity contribution >= 4 is 34.9 Å². The molecule has 4 rings (SSSR count). The molecule has 1 atom stereocenters. The van der Waals surface area contributed by atoms with Gasteiger partial charge in [-0.25, -0.2) is 9.97 Å². The molecule has 1 fully saturated rings. The predicted octanol–water partition coefficient (Wildman–Crippen LogP) is 4.93. The van der Waals surface area contributed by atoms with Gasteiger partial charge >= 0.3 is 0 Å². The number of ether oxygens (including phenoxy) is 1. The first-order chi connectivity index (χ1) is 14.5. The summed E-state index contributed by atoms with van der Waals surface area (Å²) in [6.07, 6.45) is 1.47. The summed E-state index contributed by atoms with van der Waals surface area (Å²) < 4.78 is 5.81. The smallest absolute Gasteiger partial charge is 0.255 e. The van der Waals surface area contributed by atoms with Gasteiger partial charge in [-0.05, 0) is 31.2 Å². The summed E-state index contributed by atoms with van der Waals surface area (Å²) in [6, 6.07) is 16.1. The van der Waals surface area contributed by atoms with Crippen molar-refractivity contribution in [3.05, 3.63) is 76.5 Å². The molecular weight excluding hydrogens is 423 g/mol. The van der Waals surface area contributed by atoms with Crippen molar-refractivity contribution in [2.24, 2.45) is 0 Å². The van der Waals surface area contributed by atoms with Crippen molar-refractivity contribution in [1.82, 2.24) is 14.9 Å². The number of piperazine rings is 1. The first-order valence-corrected chi connectivity index (χ1v) is 10.3. The molecule has 8 heteroatoms. The van der Waals surface area contributed by atoms with Crippen LogP contribution in [0.4, 0.5) is 5.82 Å². The third-order valence-electron chi connectivity index (χ3n) is 5.00. The molecule has 0 saturated carbocycles. The predicted molar refractivity (Wildman–Crippen MR) is 118 cm³/mol. The maximum atomic E-state index is 12.9. The Labute approximate surface area is 185 Å². The second kappa shape index (κ2) is 8.90. The molecule has 0 aliphatic carbocycles. The van der Waals surface area contributed by atoms with E-state index in [9.17, 15) is 4.79 Å². The highest BCUT2D eigenvalue weighted by molar-refractivity contribution is 6.33. The van der Waals surface area contributed by atoms with E-state index in [0.717, 1.165) is 5.82 Å². The number of hydrogen-bond acceptors (Lipinski definition) is 5. The van der Waals surface area contributed by atoms with E-state index in [1.54, 1.807) is 30.3 Å². The summed E-state index contributed by atoms with van der Waals surface area (Å²) >= 11 is 12.4. The molecule has 2 heterocycles. The fourth-order valence-corrected chi connectivity index (χ4v) is 3.85. The van der Waals surface area contributed by atoms with Crippen LogP contribution in [-0.4, -0.2) is 46.5 Å². The van der Waals surface area contributed by atoms with Crippen LogP contribution in [0.1, 0.15) is 17.3 Å². The molecule has 1 aromatic heterocycles. The summed E-state index contributed by atoms with van der Waals surface area (Å²) in [6.45, 7) is 3.86. The first kappa shape index (κ1) is 20.4. The molecule has 1 aliphatic heterocycles. The van der Waals surface area contributed by atoms with E-state index in [2.05, 4.69) is 14.9 Å². The van der Waals surface area contributed by atoms with Crippen LogP contribution in [0.5, 0.6) is 11.6 Å². The highest BCUT2D eigenvalue weighted by atomic mass is 35.5. The second-order valence-electron chi connectivity index (χ2n) is 7.02. The number of nitrogens with zero attached hydrogens (tertiary/aromatic N) is 4. The van der Waals surface area contributed by atoms with Crippen LogP contribution in [0, 0.1) is 0 Å². The van der Waals surface area contributed by atoms with Gasteiger partial charge in [0.05, 0.1) is 15.6 Å². The van der Waals surface area contributed by atoms with E-state index in [0.29, 0.717) is 46.9 Å². The van der Waals surface area contributed by atoms with Crippen LogP contribution >= 0.6 is 23.2 Å². The number of amides is 1. The average Bonchev–Trinajstić information content (AvgIpc) is 2.75. The van der Waals surface area contributed by atoms with Crippen LogP contribution < -0.4 is 9.64 Å². The molecule has 1 unspecified atom stereocenters. The number of rotatable bonds is 4. The molecule has 0 N–H and O–H groups in total. The van der Waals surface area contributed by atoms with E-state index in [4.69, 9.17) is 27.9 Å². The van der Waals surface area contributed by atoms with Crippen molar-refractivity contribution < 1.29 is 9.53 Å². The standard InChI is InChI=1S/C22H20Cl2N4O2/c1-15-13-27(10-11-28(15)22(29)16-6-2-3-7-17(16)23)20-12-21(26-14-25-20)30-19-9-5-4-8-18(19)24/h2-9,12,14-15H,10-11,13H2,1H3. The number of halogens is 2. The number of carbonyl (C=O) groups is 1.